The largest absolute Gasteiger partial charge is 0.345 e. The molecule has 1 heterocycles. The van der Waals surface area contributed by atoms with Gasteiger partial charge >= 0.3 is 0 Å². The van der Waals surface area contributed by atoms with Crippen LogP contribution in [0.5, 0.6) is 0 Å². The summed E-state index contributed by atoms with van der Waals surface area (Å²) in [4.78, 5) is 7.20. The average Bonchev–Trinajstić information content (AvgIpc) is 2.65. The van der Waals surface area contributed by atoms with Gasteiger partial charge in [-0.15, -0.1) is 0 Å². The summed E-state index contributed by atoms with van der Waals surface area (Å²) in [6.45, 7) is 0.709. The van der Waals surface area contributed by atoms with Crippen molar-refractivity contribution in [1.82, 2.24) is 15.3 Å². The Morgan fingerprint density at radius 1 is 1.50 bits per heavy atom. The second-order valence-corrected chi connectivity index (χ2v) is 2.97. The molecule has 3 heteroatoms. The standard InChI is InChI=1S/C11H11N3/c1-12-6-2-3-9-4-5-10-11(7-9)14-8-13-10/h4-5,7-8,12H,6H2,1H3,(H,13,14). The Labute approximate surface area is 82.6 Å². The van der Waals surface area contributed by atoms with Gasteiger partial charge in [-0.2, -0.15) is 0 Å². The molecule has 0 aliphatic rings. The maximum Gasteiger partial charge on any atom is 0.0931 e. The molecule has 0 fully saturated rings. The molecule has 0 radical (unpaired) electrons. The summed E-state index contributed by atoms with van der Waals surface area (Å²) in [6, 6.07) is 5.95. The van der Waals surface area contributed by atoms with Gasteiger partial charge in [-0.25, -0.2) is 4.98 Å². The van der Waals surface area contributed by atoms with Gasteiger partial charge in [0.2, 0.25) is 0 Å². The van der Waals surface area contributed by atoms with Crippen molar-refractivity contribution in [2.45, 2.75) is 0 Å². The van der Waals surface area contributed by atoms with E-state index >= 15 is 0 Å². The minimum absolute atomic E-state index is 0.709. The summed E-state index contributed by atoms with van der Waals surface area (Å²) < 4.78 is 0. The molecule has 0 aliphatic heterocycles. The van der Waals surface area contributed by atoms with Crippen LogP contribution in [-0.4, -0.2) is 23.6 Å². The summed E-state index contributed by atoms with van der Waals surface area (Å²) in [5.41, 5.74) is 3.02. The first-order valence-electron chi connectivity index (χ1n) is 4.47. The van der Waals surface area contributed by atoms with Gasteiger partial charge in [-0.05, 0) is 25.2 Å². The van der Waals surface area contributed by atoms with Crippen LogP contribution in [-0.2, 0) is 0 Å². The number of aromatic nitrogens is 2. The van der Waals surface area contributed by atoms with Crippen LogP contribution in [0.25, 0.3) is 11.0 Å². The molecule has 0 atom stereocenters. The zero-order chi connectivity index (χ0) is 9.80. The van der Waals surface area contributed by atoms with Gasteiger partial charge in [-0.1, -0.05) is 11.8 Å². The number of H-pyrrole nitrogens is 1. The van der Waals surface area contributed by atoms with Gasteiger partial charge in [0, 0.05) is 5.56 Å². The Morgan fingerprint density at radius 3 is 3.29 bits per heavy atom. The van der Waals surface area contributed by atoms with E-state index < -0.39 is 0 Å². The van der Waals surface area contributed by atoms with E-state index in [1.807, 2.05) is 25.2 Å². The van der Waals surface area contributed by atoms with E-state index in [-0.39, 0.29) is 0 Å². The van der Waals surface area contributed by atoms with Crippen LogP contribution in [0.1, 0.15) is 5.56 Å². The molecule has 70 valence electrons. The van der Waals surface area contributed by atoms with Crippen LogP contribution >= 0.6 is 0 Å². The third-order valence-corrected chi connectivity index (χ3v) is 1.92. The van der Waals surface area contributed by atoms with Crippen molar-refractivity contribution < 1.29 is 0 Å². The number of aromatic amines is 1. The molecular weight excluding hydrogens is 174 g/mol. The third kappa shape index (κ3) is 1.76. The van der Waals surface area contributed by atoms with E-state index in [0.717, 1.165) is 16.6 Å². The van der Waals surface area contributed by atoms with E-state index in [1.165, 1.54) is 0 Å². The topological polar surface area (TPSA) is 40.7 Å². The summed E-state index contributed by atoms with van der Waals surface area (Å²) in [7, 11) is 1.88. The molecule has 1 aromatic carbocycles. The number of imidazole rings is 1. The van der Waals surface area contributed by atoms with Crippen LogP contribution in [0.2, 0.25) is 0 Å². The summed E-state index contributed by atoms with van der Waals surface area (Å²) in [5.74, 6) is 6.08. The highest BCUT2D eigenvalue weighted by Gasteiger charge is 1.94. The van der Waals surface area contributed by atoms with Crippen LogP contribution < -0.4 is 5.32 Å². The fourth-order valence-electron chi connectivity index (χ4n) is 1.25. The van der Waals surface area contributed by atoms with E-state index in [4.69, 9.17) is 0 Å². The average molecular weight is 185 g/mol. The lowest BCUT2D eigenvalue weighted by atomic mass is 10.2. The van der Waals surface area contributed by atoms with E-state index in [0.29, 0.717) is 6.54 Å². The van der Waals surface area contributed by atoms with Crippen LogP contribution in [0.15, 0.2) is 24.5 Å². The molecule has 0 aliphatic carbocycles. The second-order valence-electron chi connectivity index (χ2n) is 2.97. The molecule has 0 saturated heterocycles. The molecule has 14 heavy (non-hydrogen) atoms. The van der Waals surface area contributed by atoms with Crippen LogP contribution in [0.4, 0.5) is 0 Å². The number of benzene rings is 1. The predicted molar refractivity (Wildman–Crippen MR) is 56.9 cm³/mol. The lowest BCUT2D eigenvalue weighted by Gasteiger charge is -1.90. The van der Waals surface area contributed by atoms with E-state index in [2.05, 4.69) is 27.1 Å². The van der Waals surface area contributed by atoms with Crippen molar-refractivity contribution >= 4 is 11.0 Å². The fourth-order valence-corrected chi connectivity index (χ4v) is 1.25. The first-order chi connectivity index (χ1) is 6.90. The molecule has 0 amide bonds. The van der Waals surface area contributed by atoms with Gasteiger partial charge in [0.25, 0.3) is 0 Å². The Balaban J connectivity index is 2.31. The lowest BCUT2D eigenvalue weighted by molar-refractivity contribution is 0.938. The van der Waals surface area contributed by atoms with Gasteiger partial charge in [0.15, 0.2) is 0 Å². The highest BCUT2D eigenvalue weighted by molar-refractivity contribution is 5.76. The highest BCUT2D eigenvalue weighted by atomic mass is 14.9. The minimum atomic E-state index is 0.709. The van der Waals surface area contributed by atoms with Crippen LogP contribution in [0.3, 0.4) is 0 Å². The molecule has 0 saturated carbocycles. The number of nitrogens with one attached hydrogen (secondary N) is 2. The third-order valence-electron chi connectivity index (χ3n) is 1.92. The number of hydrogen-bond donors (Lipinski definition) is 2. The zero-order valence-corrected chi connectivity index (χ0v) is 7.96. The molecule has 0 unspecified atom stereocenters. The molecule has 3 nitrogen and oxygen atoms in total. The monoisotopic (exact) mass is 185 g/mol. The molecule has 2 rings (SSSR count). The normalized spacial score (nSPS) is 9.79. The van der Waals surface area contributed by atoms with Crippen molar-refractivity contribution in [1.29, 1.82) is 0 Å². The van der Waals surface area contributed by atoms with E-state index in [9.17, 15) is 0 Å². The first-order valence-corrected chi connectivity index (χ1v) is 4.47. The van der Waals surface area contributed by atoms with Crippen molar-refractivity contribution in [3.63, 3.8) is 0 Å². The molecule has 2 aromatic rings. The van der Waals surface area contributed by atoms with Crippen molar-refractivity contribution in [3.05, 3.63) is 30.1 Å². The first kappa shape index (κ1) is 8.79. The minimum Gasteiger partial charge on any atom is -0.345 e. The smallest absolute Gasteiger partial charge is 0.0931 e. The molecule has 0 spiro atoms. The van der Waals surface area contributed by atoms with E-state index in [1.54, 1.807) is 6.33 Å². The zero-order valence-electron chi connectivity index (χ0n) is 7.96. The van der Waals surface area contributed by atoms with Crippen LogP contribution in [0, 0.1) is 11.8 Å². The Hall–Kier alpha value is -1.79. The maximum absolute atomic E-state index is 4.14. The molecule has 2 N–H and O–H groups in total. The van der Waals surface area contributed by atoms with Crippen molar-refractivity contribution in [3.8, 4) is 11.8 Å². The second kappa shape index (κ2) is 3.95. The molecular formula is C11H11N3. The maximum atomic E-state index is 4.14. The molecule has 0 bridgehead atoms. The number of nitrogens with zero attached hydrogens (tertiary/aromatic N) is 1. The van der Waals surface area contributed by atoms with Crippen molar-refractivity contribution in [2.75, 3.05) is 13.6 Å². The number of hydrogen-bond acceptors (Lipinski definition) is 2. The summed E-state index contributed by atoms with van der Waals surface area (Å²) in [6.07, 6.45) is 1.69. The van der Waals surface area contributed by atoms with Gasteiger partial charge in [-0.3, -0.25) is 0 Å². The van der Waals surface area contributed by atoms with Gasteiger partial charge in [0.05, 0.1) is 23.9 Å². The van der Waals surface area contributed by atoms with Crippen molar-refractivity contribution in [2.24, 2.45) is 0 Å². The quantitative estimate of drug-likeness (QED) is 0.654. The summed E-state index contributed by atoms with van der Waals surface area (Å²) >= 11 is 0. The fraction of sp³-hybridized carbons (Fsp3) is 0.182. The predicted octanol–water partition coefficient (Wildman–Crippen LogP) is 1.13. The Kier molecular flexibility index (Phi) is 2.48. The summed E-state index contributed by atoms with van der Waals surface area (Å²) in [5, 5.41) is 2.98. The SMILES string of the molecule is CNCC#Cc1ccc2nc[nH]c2c1. The number of fused-ring (bicyclic) bond motifs is 1. The highest BCUT2D eigenvalue weighted by Crippen LogP contribution is 2.10. The molecule has 1 aromatic heterocycles. The number of rotatable bonds is 1. The lowest BCUT2D eigenvalue weighted by Crippen LogP contribution is -2.04. The van der Waals surface area contributed by atoms with Gasteiger partial charge < -0.3 is 10.3 Å². The van der Waals surface area contributed by atoms with Gasteiger partial charge in [0.1, 0.15) is 0 Å². The Bertz CT molecular complexity index is 488. The Morgan fingerprint density at radius 2 is 2.43 bits per heavy atom.